The quantitative estimate of drug-likeness (QED) is 0.403. The topological polar surface area (TPSA) is 46.5 Å². The second kappa shape index (κ2) is 13.9. The van der Waals surface area contributed by atoms with Gasteiger partial charge in [0.2, 0.25) is 0 Å². The second-order valence-corrected chi connectivity index (χ2v) is 5.39. The molecule has 3 heteroatoms. The monoisotopic (exact) mass is 272 g/mol. The van der Waals surface area contributed by atoms with Crippen molar-refractivity contribution in [1.82, 2.24) is 0 Å². The zero-order valence-corrected chi connectivity index (χ0v) is 12.8. The molecule has 0 heterocycles. The predicted octanol–water partition coefficient (Wildman–Crippen LogP) is 4.22. The van der Waals surface area contributed by atoms with Crippen molar-refractivity contribution in [3.63, 3.8) is 0 Å². The summed E-state index contributed by atoms with van der Waals surface area (Å²) in [5.74, 6) is -0.0648. The first-order chi connectivity index (χ1) is 9.20. The minimum absolute atomic E-state index is 0.0106. The summed E-state index contributed by atoms with van der Waals surface area (Å²) in [6.07, 6.45) is 11.6. The van der Waals surface area contributed by atoms with Crippen LogP contribution in [-0.2, 0) is 9.53 Å². The molecule has 0 aliphatic heterocycles. The van der Waals surface area contributed by atoms with Crippen LogP contribution in [0.15, 0.2) is 0 Å². The number of carbonyl (C=O) groups excluding carboxylic acids is 1. The van der Waals surface area contributed by atoms with Gasteiger partial charge in [0, 0.05) is 13.0 Å². The molecule has 3 nitrogen and oxygen atoms in total. The summed E-state index contributed by atoms with van der Waals surface area (Å²) in [5.41, 5.74) is 0. The standard InChI is InChI=1S/C16H32O3/c1-3-4-5-6-7-8-9-13-16(18)19-15(2)12-10-11-14-17/h15,17H,3-14H2,1-2H3. The molecule has 1 N–H and O–H groups in total. The molecule has 0 aromatic rings. The number of hydrogen-bond acceptors (Lipinski definition) is 3. The molecule has 0 saturated carbocycles. The van der Waals surface area contributed by atoms with Crippen molar-refractivity contribution >= 4 is 5.97 Å². The number of rotatable bonds is 13. The lowest BCUT2D eigenvalue weighted by molar-refractivity contribution is -0.148. The van der Waals surface area contributed by atoms with Gasteiger partial charge in [0.25, 0.3) is 0 Å². The van der Waals surface area contributed by atoms with Gasteiger partial charge in [-0.05, 0) is 32.6 Å². The van der Waals surface area contributed by atoms with Crippen LogP contribution in [0.2, 0.25) is 0 Å². The van der Waals surface area contributed by atoms with E-state index in [-0.39, 0.29) is 18.7 Å². The molecule has 114 valence electrons. The Labute approximate surface area is 118 Å². The number of hydrogen-bond donors (Lipinski definition) is 1. The Hall–Kier alpha value is -0.570. The Morgan fingerprint density at radius 2 is 1.63 bits per heavy atom. The van der Waals surface area contributed by atoms with Crippen molar-refractivity contribution in [2.75, 3.05) is 6.61 Å². The predicted molar refractivity (Wildman–Crippen MR) is 79.1 cm³/mol. The number of unbranched alkanes of at least 4 members (excludes halogenated alkanes) is 7. The van der Waals surface area contributed by atoms with Crippen LogP contribution < -0.4 is 0 Å². The van der Waals surface area contributed by atoms with E-state index < -0.39 is 0 Å². The minimum Gasteiger partial charge on any atom is -0.463 e. The van der Waals surface area contributed by atoms with Crippen LogP contribution in [0, 0.1) is 0 Å². The van der Waals surface area contributed by atoms with Gasteiger partial charge in [0.15, 0.2) is 0 Å². The third kappa shape index (κ3) is 13.7. The average molecular weight is 272 g/mol. The molecule has 0 fully saturated rings. The average Bonchev–Trinajstić information content (AvgIpc) is 2.38. The molecular formula is C16H32O3. The van der Waals surface area contributed by atoms with E-state index in [1.54, 1.807) is 0 Å². The highest BCUT2D eigenvalue weighted by Crippen LogP contribution is 2.10. The Bertz CT molecular complexity index is 204. The highest BCUT2D eigenvalue weighted by atomic mass is 16.5. The molecule has 0 aromatic carbocycles. The molecule has 0 saturated heterocycles. The smallest absolute Gasteiger partial charge is 0.306 e. The molecule has 0 rings (SSSR count). The van der Waals surface area contributed by atoms with Gasteiger partial charge in [-0.2, -0.15) is 0 Å². The third-order valence-corrected chi connectivity index (χ3v) is 3.34. The van der Waals surface area contributed by atoms with Gasteiger partial charge >= 0.3 is 5.97 Å². The van der Waals surface area contributed by atoms with Gasteiger partial charge < -0.3 is 9.84 Å². The van der Waals surface area contributed by atoms with Crippen molar-refractivity contribution in [1.29, 1.82) is 0 Å². The minimum atomic E-state index is -0.0648. The van der Waals surface area contributed by atoms with Gasteiger partial charge in [0.05, 0.1) is 6.10 Å². The molecular weight excluding hydrogens is 240 g/mol. The Morgan fingerprint density at radius 3 is 2.26 bits per heavy atom. The van der Waals surface area contributed by atoms with Gasteiger partial charge in [-0.15, -0.1) is 0 Å². The van der Waals surface area contributed by atoms with Crippen LogP contribution in [0.4, 0.5) is 0 Å². The summed E-state index contributed by atoms with van der Waals surface area (Å²) in [6.45, 7) is 4.37. The summed E-state index contributed by atoms with van der Waals surface area (Å²) in [7, 11) is 0. The Morgan fingerprint density at radius 1 is 1.00 bits per heavy atom. The molecule has 0 aromatic heterocycles. The number of ether oxygens (including phenoxy) is 1. The maximum absolute atomic E-state index is 11.5. The SMILES string of the molecule is CCCCCCCCCC(=O)OC(C)CCCCO. The first kappa shape index (κ1) is 18.4. The number of carbonyl (C=O) groups is 1. The molecule has 0 radical (unpaired) electrons. The van der Waals surface area contributed by atoms with E-state index in [9.17, 15) is 4.79 Å². The number of esters is 1. The van der Waals surface area contributed by atoms with E-state index in [0.29, 0.717) is 6.42 Å². The number of aliphatic hydroxyl groups is 1. The second-order valence-electron chi connectivity index (χ2n) is 5.39. The van der Waals surface area contributed by atoms with Crippen LogP contribution in [0.3, 0.4) is 0 Å². The first-order valence-electron chi connectivity index (χ1n) is 8.01. The maximum Gasteiger partial charge on any atom is 0.306 e. The lowest BCUT2D eigenvalue weighted by Crippen LogP contribution is -2.14. The fourth-order valence-corrected chi connectivity index (χ4v) is 2.11. The van der Waals surface area contributed by atoms with Gasteiger partial charge in [0.1, 0.15) is 0 Å². The highest BCUT2D eigenvalue weighted by molar-refractivity contribution is 5.69. The molecule has 0 spiro atoms. The normalized spacial score (nSPS) is 12.4. The summed E-state index contributed by atoms with van der Waals surface area (Å²) in [6, 6.07) is 0. The maximum atomic E-state index is 11.5. The summed E-state index contributed by atoms with van der Waals surface area (Å²) < 4.78 is 5.32. The van der Waals surface area contributed by atoms with Crippen molar-refractivity contribution in [2.45, 2.75) is 90.6 Å². The van der Waals surface area contributed by atoms with E-state index >= 15 is 0 Å². The van der Waals surface area contributed by atoms with E-state index in [4.69, 9.17) is 9.84 Å². The van der Waals surface area contributed by atoms with Crippen LogP contribution >= 0.6 is 0 Å². The number of aliphatic hydroxyl groups excluding tert-OH is 1. The molecule has 19 heavy (non-hydrogen) atoms. The van der Waals surface area contributed by atoms with Gasteiger partial charge in [-0.25, -0.2) is 0 Å². The summed E-state index contributed by atoms with van der Waals surface area (Å²) >= 11 is 0. The van der Waals surface area contributed by atoms with Crippen molar-refractivity contribution in [3.05, 3.63) is 0 Å². The van der Waals surface area contributed by atoms with Crippen LogP contribution in [0.25, 0.3) is 0 Å². The van der Waals surface area contributed by atoms with Gasteiger partial charge in [-0.3, -0.25) is 4.79 Å². The van der Waals surface area contributed by atoms with E-state index in [2.05, 4.69) is 6.92 Å². The Balaban J connectivity index is 3.33. The Kier molecular flexibility index (Phi) is 13.4. The van der Waals surface area contributed by atoms with Crippen molar-refractivity contribution in [3.8, 4) is 0 Å². The van der Waals surface area contributed by atoms with Crippen LogP contribution in [0.1, 0.15) is 84.5 Å². The molecule has 1 unspecified atom stereocenters. The van der Waals surface area contributed by atoms with Gasteiger partial charge in [-0.1, -0.05) is 45.4 Å². The zero-order valence-electron chi connectivity index (χ0n) is 12.8. The van der Waals surface area contributed by atoms with E-state index in [1.807, 2.05) is 6.92 Å². The molecule has 0 aliphatic rings. The lowest BCUT2D eigenvalue weighted by atomic mass is 10.1. The zero-order chi connectivity index (χ0) is 14.3. The first-order valence-corrected chi connectivity index (χ1v) is 8.01. The summed E-state index contributed by atoms with van der Waals surface area (Å²) in [4.78, 5) is 11.5. The largest absolute Gasteiger partial charge is 0.463 e. The molecule has 1 atom stereocenters. The van der Waals surface area contributed by atoms with Crippen LogP contribution in [0.5, 0.6) is 0 Å². The van der Waals surface area contributed by atoms with Crippen LogP contribution in [-0.4, -0.2) is 23.8 Å². The summed E-state index contributed by atoms with van der Waals surface area (Å²) in [5, 5.41) is 8.67. The fourth-order valence-electron chi connectivity index (χ4n) is 2.11. The lowest BCUT2D eigenvalue weighted by Gasteiger charge is -2.12. The van der Waals surface area contributed by atoms with Crippen molar-refractivity contribution < 1.29 is 14.6 Å². The molecule has 0 bridgehead atoms. The van der Waals surface area contributed by atoms with Crippen molar-refractivity contribution in [2.24, 2.45) is 0 Å². The van der Waals surface area contributed by atoms with E-state index in [0.717, 1.165) is 32.1 Å². The highest BCUT2D eigenvalue weighted by Gasteiger charge is 2.08. The fraction of sp³-hybridized carbons (Fsp3) is 0.938. The third-order valence-electron chi connectivity index (χ3n) is 3.34. The molecule has 0 aliphatic carbocycles. The molecule has 0 amide bonds. The van der Waals surface area contributed by atoms with E-state index in [1.165, 1.54) is 32.1 Å².